The van der Waals surface area contributed by atoms with Crippen molar-refractivity contribution in [3.05, 3.63) is 67.7 Å². The SMILES string of the molecule is CCc1cn(Cc2cccc(C#N)c2F)c(=O)[nH]c1=O. The van der Waals surface area contributed by atoms with Gasteiger partial charge in [-0.3, -0.25) is 14.3 Å². The number of nitrogens with zero attached hydrogens (tertiary/aromatic N) is 2. The summed E-state index contributed by atoms with van der Waals surface area (Å²) in [4.78, 5) is 25.3. The molecule has 0 atom stereocenters. The average molecular weight is 273 g/mol. The van der Waals surface area contributed by atoms with Gasteiger partial charge in [0.2, 0.25) is 0 Å². The van der Waals surface area contributed by atoms with Crippen molar-refractivity contribution in [2.75, 3.05) is 0 Å². The molecule has 0 spiro atoms. The maximum atomic E-state index is 13.9. The Bertz CT molecular complexity index is 799. The molecule has 0 bridgehead atoms. The number of halogens is 1. The van der Waals surface area contributed by atoms with Crippen molar-refractivity contribution in [1.82, 2.24) is 9.55 Å². The smallest absolute Gasteiger partial charge is 0.296 e. The summed E-state index contributed by atoms with van der Waals surface area (Å²) in [7, 11) is 0. The standard InChI is InChI=1S/C14H12FN3O2/c1-2-9-7-18(14(20)17-13(9)19)8-11-5-3-4-10(6-16)12(11)15/h3-5,7H,2,8H2,1H3,(H,17,19,20). The van der Waals surface area contributed by atoms with E-state index in [2.05, 4.69) is 4.98 Å². The molecule has 0 aliphatic heterocycles. The zero-order valence-electron chi connectivity index (χ0n) is 10.8. The Morgan fingerprint density at radius 1 is 1.35 bits per heavy atom. The van der Waals surface area contributed by atoms with Crippen molar-refractivity contribution in [1.29, 1.82) is 5.26 Å². The molecule has 0 radical (unpaired) electrons. The van der Waals surface area contributed by atoms with Crippen LogP contribution in [0.2, 0.25) is 0 Å². The van der Waals surface area contributed by atoms with Crippen LogP contribution in [-0.4, -0.2) is 9.55 Å². The van der Waals surface area contributed by atoms with E-state index in [4.69, 9.17) is 5.26 Å². The number of hydrogen-bond acceptors (Lipinski definition) is 3. The molecule has 0 amide bonds. The second kappa shape index (κ2) is 5.53. The first-order valence-electron chi connectivity index (χ1n) is 6.07. The Morgan fingerprint density at radius 2 is 2.10 bits per heavy atom. The molecule has 2 aromatic rings. The van der Waals surface area contributed by atoms with Gasteiger partial charge in [-0.05, 0) is 12.5 Å². The molecule has 20 heavy (non-hydrogen) atoms. The van der Waals surface area contributed by atoms with Crippen LogP contribution < -0.4 is 11.2 Å². The molecule has 0 aliphatic rings. The molecule has 1 N–H and O–H groups in total. The summed E-state index contributed by atoms with van der Waals surface area (Å²) in [6.45, 7) is 1.75. The predicted octanol–water partition coefficient (Wildman–Crippen LogP) is 1.16. The quantitative estimate of drug-likeness (QED) is 0.911. The molecule has 1 aromatic heterocycles. The highest BCUT2D eigenvalue weighted by Crippen LogP contribution is 2.12. The van der Waals surface area contributed by atoms with Crippen molar-refractivity contribution in [2.24, 2.45) is 0 Å². The highest BCUT2D eigenvalue weighted by molar-refractivity contribution is 5.35. The lowest BCUT2D eigenvalue weighted by Gasteiger charge is -2.08. The molecule has 0 unspecified atom stereocenters. The van der Waals surface area contributed by atoms with Crippen LogP contribution in [0.15, 0.2) is 34.0 Å². The van der Waals surface area contributed by atoms with E-state index in [9.17, 15) is 14.0 Å². The lowest BCUT2D eigenvalue weighted by Crippen LogP contribution is -2.32. The fraction of sp³-hybridized carbons (Fsp3) is 0.214. The van der Waals surface area contributed by atoms with Gasteiger partial charge in [0.15, 0.2) is 0 Å². The van der Waals surface area contributed by atoms with E-state index >= 15 is 0 Å². The van der Waals surface area contributed by atoms with Crippen LogP contribution >= 0.6 is 0 Å². The predicted molar refractivity (Wildman–Crippen MR) is 70.9 cm³/mol. The highest BCUT2D eigenvalue weighted by Gasteiger charge is 2.10. The third kappa shape index (κ3) is 2.52. The van der Waals surface area contributed by atoms with E-state index in [1.54, 1.807) is 19.1 Å². The number of benzene rings is 1. The van der Waals surface area contributed by atoms with Crippen LogP contribution in [0.5, 0.6) is 0 Å². The summed E-state index contributed by atoms with van der Waals surface area (Å²) < 4.78 is 15.2. The van der Waals surface area contributed by atoms with Crippen molar-refractivity contribution < 1.29 is 4.39 Å². The van der Waals surface area contributed by atoms with Gasteiger partial charge >= 0.3 is 5.69 Å². The van der Waals surface area contributed by atoms with Gasteiger partial charge < -0.3 is 0 Å². The number of nitrogens with one attached hydrogen (secondary N) is 1. The largest absolute Gasteiger partial charge is 0.328 e. The Morgan fingerprint density at radius 3 is 2.75 bits per heavy atom. The van der Waals surface area contributed by atoms with Crippen molar-refractivity contribution in [3.63, 3.8) is 0 Å². The second-order valence-corrected chi connectivity index (χ2v) is 4.29. The maximum absolute atomic E-state index is 13.9. The zero-order valence-corrected chi connectivity index (χ0v) is 10.8. The van der Waals surface area contributed by atoms with Gasteiger partial charge in [0.25, 0.3) is 5.56 Å². The normalized spacial score (nSPS) is 10.2. The van der Waals surface area contributed by atoms with Crippen LogP contribution in [-0.2, 0) is 13.0 Å². The number of rotatable bonds is 3. The summed E-state index contributed by atoms with van der Waals surface area (Å²) in [5, 5.41) is 8.78. The first-order chi connectivity index (χ1) is 9.56. The first-order valence-corrected chi connectivity index (χ1v) is 6.07. The van der Waals surface area contributed by atoms with Crippen LogP contribution in [0, 0.1) is 17.1 Å². The minimum atomic E-state index is -0.647. The fourth-order valence-corrected chi connectivity index (χ4v) is 1.90. The second-order valence-electron chi connectivity index (χ2n) is 4.29. The van der Waals surface area contributed by atoms with Gasteiger partial charge in [0.05, 0.1) is 12.1 Å². The lowest BCUT2D eigenvalue weighted by atomic mass is 10.1. The third-order valence-electron chi connectivity index (χ3n) is 3.01. The molecule has 0 saturated carbocycles. The average Bonchev–Trinajstić information content (AvgIpc) is 2.43. The molecular weight excluding hydrogens is 261 g/mol. The van der Waals surface area contributed by atoms with Crippen LogP contribution in [0.4, 0.5) is 4.39 Å². The topological polar surface area (TPSA) is 78.7 Å². The fourth-order valence-electron chi connectivity index (χ4n) is 1.90. The summed E-state index contributed by atoms with van der Waals surface area (Å²) in [6, 6.07) is 6.16. The number of aromatic amines is 1. The maximum Gasteiger partial charge on any atom is 0.328 e. The van der Waals surface area contributed by atoms with Gasteiger partial charge in [-0.2, -0.15) is 5.26 Å². The van der Waals surface area contributed by atoms with E-state index in [1.807, 2.05) is 0 Å². The number of aryl methyl sites for hydroxylation is 1. The Hall–Kier alpha value is -2.68. The lowest BCUT2D eigenvalue weighted by molar-refractivity contribution is 0.588. The minimum absolute atomic E-state index is 0.0377. The Kier molecular flexibility index (Phi) is 3.80. The van der Waals surface area contributed by atoms with Crippen molar-refractivity contribution in [2.45, 2.75) is 19.9 Å². The number of nitriles is 1. The molecule has 102 valence electrons. The van der Waals surface area contributed by atoms with E-state index in [0.717, 1.165) is 0 Å². The van der Waals surface area contributed by atoms with Crippen molar-refractivity contribution >= 4 is 0 Å². The summed E-state index contributed by atoms with van der Waals surface area (Å²) in [6.07, 6.45) is 1.88. The third-order valence-corrected chi connectivity index (χ3v) is 3.01. The Balaban J connectivity index is 2.48. The van der Waals surface area contributed by atoms with Gasteiger partial charge in [-0.15, -0.1) is 0 Å². The van der Waals surface area contributed by atoms with Crippen LogP contribution in [0.1, 0.15) is 23.6 Å². The molecule has 0 aliphatic carbocycles. The number of aromatic nitrogens is 2. The van der Waals surface area contributed by atoms with Gasteiger partial charge in [0.1, 0.15) is 11.9 Å². The van der Waals surface area contributed by atoms with E-state index in [1.165, 1.54) is 22.9 Å². The molecule has 6 heteroatoms. The zero-order chi connectivity index (χ0) is 14.7. The monoisotopic (exact) mass is 273 g/mol. The van der Waals surface area contributed by atoms with Crippen LogP contribution in [0.3, 0.4) is 0 Å². The van der Waals surface area contributed by atoms with Gasteiger partial charge in [0, 0.05) is 17.3 Å². The van der Waals surface area contributed by atoms with Gasteiger partial charge in [-0.1, -0.05) is 19.1 Å². The molecule has 1 aromatic carbocycles. The Labute approximate surface area is 113 Å². The summed E-state index contributed by atoms with van der Waals surface area (Å²) in [5.74, 6) is -0.647. The summed E-state index contributed by atoms with van der Waals surface area (Å²) in [5.41, 5.74) is -0.439. The highest BCUT2D eigenvalue weighted by atomic mass is 19.1. The molecule has 2 rings (SSSR count). The van der Waals surface area contributed by atoms with Crippen molar-refractivity contribution in [3.8, 4) is 6.07 Å². The minimum Gasteiger partial charge on any atom is -0.296 e. The number of hydrogen-bond donors (Lipinski definition) is 1. The molecule has 5 nitrogen and oxygen atoms in total. The molecule has 0 saturated heterocycles. The first kappa shape index (κ1) is 13.7. The molecule has 0 fully saturated rings. The number of H-pyrrole nitrogens is 1. The summed E-state index contributed by atoms with van der Waals surface area (Å²) >= 11 is 0. The van der Waals surface area contributed by atoms with Crippen LogP contribution in [0.25, 0.3) is 0 Å². The van der Waals surface area contributed by atoms with E-state index in [-0.39, 0.29) is 17.7 Å². The van der Waals surface area contributed by atoms with Gasteiger partial charge in [-0.25, -0.2) is 9.18 Å². The molecular formula is C14H12FN3O2. The molecule has 1 heterocycles. The van der Waals surface area contributed by atoms with E-state index in [0.29, 0.717) is 12.0 Å². The van der Waals surface area contributed by atoms with E-state index < -0.39 is 17.1 Å².